The van der Waals surface area contributed by atoms with Crippen molar-refractivity contribution in [1.82, 2.24) is 18.7 Å². The van der Waals surface area contributed by atoms with Crippen molar-refractivity contribution in [3.05, 3.63) is 121 Å². The van der Waals surface area contributed by atoms with Crippen LogP contribution in [0.4, 0.5) is 36.9 Å². The largest absolute Gasteiger partial charge is 0.496 e. The lowest BCUT2D eigenvalue weighted by Gasteiger charge is -2.30. The molecular formula is C37H35N9O4S2. The number of amides is 4. The van der Waals surface area contributed by atoms with Crippen LogP contribution < -0.4 is 30.9 Å². The second kappa shape index (κ2) is 17.6. The molecule has 0 spiro atoms. The molecule has 0 aliphatic carbocycles. The van der Waals surface area contributed by atoms with Crippen molar-refractivity contribution in [2.75, 3.05) is 46.4 Å². The van der Waals surface area contributed by atoms with E-state index in [9.17, 15) is 14.4 Å². The number of nitrogens with one attached hydrogen (secondary N) is 4. The standard InChI is InChI=1S/C23H18N4O3S.C14H17N5OS/c1-30-19-14-8-6-12-17(19)20(28)16-11-5-7-13-18(16)24-22(29)26-23-25-21(27-31-23)15-9-3-2-4-10-15;20-13(18-14-15-10-16-21-14)17-11-6-2-3-7-12(11)19-8-4-1-5-9-19/h2-14H,1H3,(H2,24,25,26,27,29);2-3,6-7,10H,1,4-5,8-9H2,(H2,15,16,17,18,20). The van der Waals surface area contributed by atoms with E-state index in [0.717, 1.165) is 53.1 Å². The maximum absolute atomic E-state index is 13.1. The summed E-state index contributed by atoms with van der Waals surface area (Å²) in [5.74, 6) is 0.748. The third-order valence-corrected chi connectivity index (χ3v) is 9.09. The summed E-state index contributed by atoms with van der Waals surface area (Å²) in [6.45, 7) is 2.08. The van der Waals surface area contributed by atoms with Crippen LogP contribution in [0.25, 0.3) is 11.4 Å². The van der Waals surface area contributed by atoms with Crippen LogP contribution in [0.1, 0.15) is 35.2 Å². The van der Waals surface area contributed by atoms with Gasteiger partial charge in [-0.1, -0.05) is 66.7 Å². The van der Waals surface area contributed by atoms with Gasteiger partial charge >= 0.3 is 12.1 Å². The zero-order valence-corrected chi connectivity index (χ0v) is 29.7. The van der Waals surface area contributed by atoms with E-state index >= 15 is 0 Å². The summed E-state index contributed by atoms with van der Waals surface area (Å²) in [6, 6.07) is 30.3. The topological polar surface area (TPSA) is 163 Å². The van der Waals surface area contributed by atoms with Crippen molar-refractivity contribution in [2.45, 2.75) is 19.3 Å². The molecule has 0 atom stereocenters. The first-order chi connectivity index (χ1) is 25.5. The predicted octanol–water partition coefficient (Wildman–Crippen LogP) is 8.26. The Morgan fingerprint density at radius 2 is 1.31 bits per heavy atom. The molecule has 0 saturated carbocycles. The lowest BCUT2D eigenvalue weighted by Crippen LogP contribution is -2.30. The van der Waals surface area contributed by atoms with Crippen molar-refractivity contribution in [2.24, 2.45) is 0 Å². The number of benzene rings is 4. The Kier molecular flexibility index (Phi) is 12.1. The summed E-state index contributed by atoms with van der Waals surface area (Å²) < 4.78 is 13.4. The van der Waals surface area contributed by atoms with Gasteiger partial charge in [0.15, 0.2) is 11.6 Å². The van der Waals surface area contributed by atoms with Gasteiger partial charge in [0.2, 0.25) is 10.3 Å². The van der Waals surface area contributed by atoms with Crippen molar-refractivity contribution < 1.29 is 19.1 Å². The molecule has 1 aliphatic rings. The number of urea groups is 2. The number of ether oxygens (including phenoxy) is 1. The van der Waals surface area contributed by atoms with Gasteiger partial charge in [0, 0.05) is 47.3 Å². The molecule has 15 heteroatoms. The summed E-state index contributed by atoms with van der Waals surface area (Å²) in [5, 5.41) is 11.8. The zero-order valence-electron chi connectivity index (χ0n) is 28.1. The Labute approximate surface area is 308 Å². The lowest BCUT2D eigenvalue weighted by molar-refractivity contribution is 0.103. The van der Waals surface area contributed by atoms with E-state index < -0.39 is 6.03 Å². The summed E-state index contributed by atoms with van der Waals surface area (Å²) in [6.07, 6.45) is 5.10. The number of hydrogen-bond acceptors (Lipinski definition) is 11. The SMILES string of the molecule is COc1ccccc1C(=O)c1ccccc1NC(=O)Nc1nc(-c2ccccc2)ns1.O=C(Nc1ncns1)Nc1ccccc1N1CCCCC1. The zero-order chi connectivity index (χ0) is 36.1. The molecule has 52 heavy (non-hydrogen) atoms. The van der Waals surface area contributed by atoms with Gasteiger partial charge in [-0.25, -0.2) is 14.6 Å². The Bertz CT molecular complexity index is 2100. The second-order valence-electron chi connectivity index (χ2n) is 11.3. The third-order valence-electron chi connectivity index (χ3n) is 7.88. The number of hydrogen-bond donors (Lipinski definition) is 4. The van der Waals surface area contributed by atoms with Gasteiger partial charge in [0.1, 0.15) is 12.1 Å². The van der Waals surface area contributed by atoms with Gasteiger partial charge in [-0.15, -0.1) is 0 Å². The molecule has 6 aromatic rings. The minimum Gasteiger partial charge on any atom is -0.496 e. The fraction of sp³-hybridized carbons (Fsp3) is 0.162. The smallest absolute Gasteiger partial charge is 0.325 e. The average Bonchev–Trinajstić information content (AvgIpc) is 3.88. The van der Waals surface area contributed by atoms with Crippen molar-refractivity contribution in [3.8, 4) is 17.1 Å². The first kappa shape index (κ1) is 35.6. The Hall–Kier alpha value is -6.19. The molecule has 0 bridgehead atoms. The molecule has 3 heterocycles. The molecule has 264 valence electrons. The monoisotopic (exact) mass is 733 g/mol. The van der Waals surface area contributed by atoms with Crippen molar-refractivity contribution in [1.29, 1.82) is 0 Å². The van der Waals surface area contributed by atoms with Crippen molar-refractivity contribution in [3.63, 3.8) is 0 Å². The van der Waals surface area contributed by atoms with Gasteiger partial charge in [-0.05, 0) is 55.7 Å². The first-order valence-corrected chi connectivity index (χ1v) is 18.0. The van der Waals surface area contributed by atoms with Crippen LogP contribution in [-0.2, 0) is 0 Å². The fourth-order valence-corrected chi connectivity index (χ4v) is 6.48. The summed E-state index contributed by atoms with van der Waals surface area (Å²) in [4.78, 5) is 48.2. The highest BCUT2D eigenvalue weighted by molar-refractivity contribution is 7.10. The van der Waals surface area contributed by atoms with E-state index in [1.165, 1.54) is 32.7 Å². The Balaban J connectivity index is 0.000000192. The maximum Gasteiger partial charge on any atom is 0.325 e. The molecule has 1 aliphatic heterocycles. The lowest BCUT2D eigenvalue weighted by atomic mass is 10.0. The van der Waals surface area contributed by atoms with E-state index in [1.807, 2.05) is 54.6 Å². The number of aromatic nitrogens is 4. The number of carbonyl (C=O) groups excluding carboxylic acids is 3. The van der Waals surface area contributed by atoms with E-state index in [1.54, 1.807) is 48.5 Å². The number of carbonyl (C=O) groups is 3. The van der Waals surface area contributed by atoms with Crippen LogP contribution in [-0.4, -0.2) is 56.8 Å². The highest BCUT2D eigenvalue weighted by Crippen LogP contribution is 2.29. The van der Waals surface area contributed by atoms with Crippen molar-refractivity contribution >= 4 is 68.2 Å². The number of ketones is 1. The number of methoxy groups -OCH3 is 1. The maximum atomic E-state index is 13.1. The molecule has 4 N–H and O–H groups in total. The first-order valence-electron chi connectivity index (χ1n) is 16.4. The van der Waals surface area contributed by atoms with Gasteiger partial charge < -0.3 is 20.3 Å². The number of anilines is 5. The molecule has 4 aromatic carbocycles. The van der Waals surface area contributed by atoms with Crippen LogP contribution in [0.3, 0.4) is 0 Å². The normalized spacial score (nSPS) is 12.1. The predicted molar refractivity (Wildman–Crippen MR) is 206 cm³/mol. The van der Waals surface area contributed by atoms with Crippen LogP contribution >= 0.6 is 23.1 Å². The van der Waals surface area contributed by atoms with Gasteiger partial charge in [-0.2, -0.15) is 13.7 Å². The van der Waals surface area contributed by atoms with Gasteiger partial charge in [-0.3, -0.25) is 15.4 Å². The fourth-order valence-electron chi connectivity index (χ4n) is 5.47. The highest BCUT2D eigenvalue weighted by Gasteiger charge is 2.19. The van der Waals surface area contributed by atoms with E-state index in [4.69, 9.17) is 4.74 Å². The molecule has 0 radical (unpaired) electrons. The van der Waals surface area contributed by atoms with Crippen LogP contribution in [0.15, 0.2) is 109 Å². The second-order valence-corrected chi connectivity index (χ2v) is 12.9. The number of rotatable bonds is 9. The Morgan fingerprint density at radius 1 is 0.673 bits per heavy atom. The molecule has 7 rings (SSSR count). The molecule has 0 unspecified atom stereocenters. The molecule has 1 saturated heterocycles. The molecule has 1 fully saturated rings. The number of piperidine rings is 1. The third kappa shape index (κ3) is 9.32. The van der Waals surface area contributed by atoms with Crippen LogP contribution in [0.2, 0.25) is 0 Å². The quantitative estimate of drug-likeness (QED) is 0.107. The summed E-state index contributed by atoms with van der Waals surface area (Å²) in [5.41, 5.74) is 3.90. The van der Waals surface area contributed by atoms with Crippen LogP contribution in [0.5, 0.6) is 5.75 Å². The number of para-hydroxylation sites is 4. The molecule has 13 nitrogen and oxygen atoms in total. The minimum absolute atomic E-state index is 0.254. The van der Waals surface area contributed by atoms with E-state index in [2.05, 4.69) is 44.9 Å². The van der Waals surface area contributed by atoms with Gasteiger partial charge in [0.25, 0.3) is 0 Å². The summed E-state index contributed by atoms with van der Waals surface area (Å²) in [7, 11) is 1.51. The Morgan fingerprint density at radius 3 is 2.04 bits per heavy atom. The summed E-state index contributed by atoms with van der Waals surface area (Å²) >= 11 is 2.23. The number of nitrogens with zero attached hydrogens (tertiary/aromatic N) is 5. The van der Waals surface area contributed by atoms with Gasteiger partial charge in [0.05, 0.1) is 29.7 Å². The average molecular weight is 734 g/mol. The molecule has 2 aromatic heterocycles. The highest BCUT2D eigenvalue weighted by atomic mass is 32.1. The van der Waals surface area contributed by atoms with Crippen LogP contribution in [0, 0.1) is 0 Å². The molecule has 4 amide bonds. The van der Waals surface area contributed by atoms with E-state index in [0.29, 0.717) is 38.7 Å². The molecular weight excluding hydrogens is 699 g/mol. The van der Waals surface area contributed by atoms with E-state index in [-0.39, 0.29) is 11.8 Å². The minimum atomic E-state index is -0.518.